The predicted molar refractivity (Wildman–Crippen MR) is 67.0 cm³/mol. The molecular formula is C10H17N3O8. The first-order valence-electron chi connectivity index (χ1n) is 6.16. The molecule has 0 spiro atoms. The van der Waals surface area contributed by atoms with Gasteiger partial charge in [0.1, 0.15) is 18.5 Å². The highest BCUT2D eigenvalue weighted by Crippen LogP contribution is 2.06. The van der Waals surface area contributed by atoms with Gasteiger partial charge in [-0.25, -0.2) is 0 Å². The molecule has 0 aromatic rings. The molecule has 0 radical (unpaired) electrons. The van der Waals surface area contributed by atoms with E-state index >= 15 is 0 Å². The zero-order valence-electron chi connectivity index (χ0n) is 11.5. The van der Waals surface area contributed by atoms with Gasteiger partial charge >= 0.3 is 0 Å². The summed E-state index contributed by atoms with van der Waals surface area (Å²) >= 11 is 0. The van der Waals surface area contributed by atoms with Crippen LogP contribution >= 0.6 is 0 Å². The van der Waals surface area contributed by atoms with Crippen molar-refractivity contribution in [3.05, 3.63) is 20.2 Å². The maximum atomic E-state index is 11.4. The van der Waals surface area contributed by atoms with Crippen LogP contribution in [0.15, 0.2) is 0 Å². The summed E-state index contributed by atoms with van der Waals surface area (Å²) in [5, 5.41) is 20.6. The standard InChI is InChI=1S/C10H17N3O8/c1-8(14)5-6-11-10(15)4-2-3-9(21-13(18)19)7-20-12(16)17/h9H,2-7H2,1H3,(H,11,15). The Morgan fingerprint density at radius 2 is 1.86 bits per heavy atom. The van der Waals surface area contributed by atoms with Crippen molar-refractivity contribution in [2.75, 3.05) is 13.2 Å². The van der Waals surface area contributed by atoms with Crippen molar-refractivity contribution in [1.82, 2.24) is 5.32 Å². The second-order valence-corrected chi connectivity index (χ2v) is 4.16. The summed E-state index contributed by atoms with van der Waals surface area (Å²) in [5.41, 5.74) is 0. The Kier molecular flexibility index (Phi) is 9.13. The number of hydrogen-bond acceptors (Lipinski definition) is 8. The molecule has 11 nitrogen and oxygen atoms in total. The number of ketones is 1. The molecule has 0 heterocycles. The van der Waals surface area contributed by atoms with Crippen LogP contribution in [0.25, 0.3) is 0 Å². The van der Waals surface area contributed by atoms with Crippen LogP contribution in [0.1, 0.15) is 32.6 Å². The highest BCUT2D eigenvalue weighted by Gasteiger charge is 2.16. The Morgan fingerprint density at radius 3 is 2.38 bits per heavy atom. The molecule has 11 heteroatoms. The van der Waals surface area contributed by atoms with Gasteiger partial charge < -0.3 is 15.0 Å². The van der Waals surface area contributed by atoms with E-state index in [0.29, 0.717) is 0 Å². The summed E-state index contributed by atoms with van der Waals surface area (Å²) in [5.74, 6) is -0.363. The van der Waals surface area contributed by atoms with E-state index < -0.39 is 22.9 Å². The Morgan fingerprint density at radius 1 is 1.19 bits per heavy atom. The number of rotatable bonds is 12. The van der Waals surface area contributed by atoms with E-state index in [0.717, 1.165) is 0 Å². The number of nitrogens with zero attached hydrogens (tertiary/aromatic N) is 2. The fourth-order valence-corrected chi connectivity index (χ4v) is 1.39. The van der Waals surface area contributed by atoms with Crippen LogP contribution in [0.2, 0.25) is 0 Å². The van der Waals surface area contributed by atoms with Gasteiger partial charge in [-0.2, -0.15) is 0 Å². The lowest BCUT2D eigenvalue weighted by Gasteiger charge is -2.13. The first kappa shape index (κ1) is 18.5. The van der Waals surface area contributed by atoms with Crippen molar-refractivity contribution in [3.8, 4) is 0 Å². The monoisotopic (exact) mass is 307 g/mol. The van der Waals surface area contributed by atoms with Crippen molar-refractivity contribution >= 4 is 11.7 Å². The average Bonchev–Trinajstić information content (AvgIpc) is 2.34. The number of carbonyl (C=O) groups excluding carboxylic acids is 2. The SMILES string of the molecule is CC(=O)CCNC(=O)CCCC(CO[N+](=O)[O-])O[N+](=O)[O-]. The van der Waals surface area contributed by atoms with Crippen LogP contribution in [-0.4, -0.2) is 41.1 Å². The molecule has 0 aromatic heterocycles. The van der Waals surface area contributed by atoms with E-state index in [1.165, 1.54) is 6.92 Å². The molecule has 0 aliphatic rings. The molecule has 0 rings (SSSR count). The fraction of sp³-hybridized carbons (Fsp3) is 0.800. The average molecular weight is 307 g/mol. The van der Waals surface area contributed by atoms with Crippen molar-refractivity contribution in [3.63, 3.8) is 0 Å². The number of amides is 1. The predicted octanol–water partition coefficient (Wildman–Crippen LogP) is 0.0372. The summed E-state index contributed by atoms with van der Waals surface area (Å²) in [7, 11) is 0. The van der Waals surface area contributed by atoms with Gasteiger partial charge in [0.05, 0.1) is 0 Å². The molecule has 1 N–H and O–H groups in total. The molecule has 1 amide bonds. The molecule has 120 valence electrons. The summed E-state index contributed by atoms with van der Waals surface area (Å²) < 4.78 is 0. The quantitative estimate of drug-likeness (QED) is 0.392. The lowest BCUT2D eigenvalue weighted by molar-refractivity contribution is -0.790. The Labute approximate surface area is 119 Å². The summed E-state index contributed by atoms with van der Waals surface area (Å²) in [4.78, 5) is 50.4. The molecule has 21 heavy (non-hydrogen) atoms. The minimum atomic E-state index is -1.12. The summed E-state index contributed by atoms with van der Waals surface area (Å²) in [6.45, 7) is 1.05. The van der Waals surface area contributed by atoms with Gasteiger partial charge in [-0.05, 0) is 19.8 Å². The van der Waals surface area contributed by atoms with Crippen LogP contribution in [-0.2, 0) is 19.3 Å². The molecule has 0 saturated heterocycles. The zero-order valence-corrected chi connectivity index (χ0v) is 11.5. The molecule has 0 aromatic carbocycles. The fourth-order valence-electron chi connectivity index (χ4n) is 1.39. The molecular weight excluding hydrogens is 290 g/mol. The molecule has 0 fully saturated rings. The van der Waals surface area contributed by atoms with Gasteiger partial charge in [0.2, 0.25) is 5.91 Å². The number of carbonyl (C=O) groups is 2. The first-order valence-corrected chi connectivity index (χ1v) is 6.16. The van der Waals surface area contributed by atoms with Crippen LogP contribution in [0.5, 0.6) is 0 Å². The van der Waals surface area contributed by atoms with Gasteiger partial charge in [-0.3, -0.25) is 9.59 Å². The minimum absolute atomic E-state index is 0.0494. The molecule has 0 aliphatic heterocycles. The maximum absolute atomic E-state index is 11.4. The van der Waals surface area contributed by atoms with Gasteiger partial charge in [-0.15, -0.1) is 20.2 Å². The van der Waals surface area contributed by atoms with Crippen molar-refractivity contribution in [2.45, 2.75) is 38.7 Å². The topological polar surface area (TPSA) is 151 Å². The van der Waals surface area contributed by atoms with E-state index in [2.05, 4.69) is 15.0 Å². The van der Waals surface area contributed by atoms with Crippen molar-refractivity contribution in [1.29, 1.82) is 0 Å². The second kappa shape index (κ2) is 10.3. The highest BCUT2D eigenvalue weighted by atomic mass is 17.0. The van der Waals surface area contributed by atoms with Crippen LogP contribution in [0.4, 0.5) is 0 Å². The Hall–Kier alpha value is -2.46. The first-order chi connectivity index (χ1) is 9.81. The second-order valence-electron chi connectivity index (χ2n) is 4.16. The van der Waals surface area contributed by atoms with Gasteiger partial charge in [0.15, 0.2) is 0 Å². The van der Waals surface area contributed by atoms with E-state index in [9.17, 15) is 29.8 Å². The van der Waals surface area contributed by atoms with Gasteiger partial charge in [-0.1, -0.05) is 0 Å². The van der Waals surface area contributed by atoms with E-state index in [4.69, 9.17) is 0 Å². The largest absolute Gasteiger partial charge is 0.356 e. The van der Waals surface area contributed by atoms with Crippen LogP contribution in [0, 0.1) is 20.2 Å². The minimum Gasteiger partial charge on any atom is -0.356 e. The lowest BCUT2D eigenvalue weighted by Crippen LogP contribution is -2.27. The third-order valence-corrected chi connectivity index (χ3v) is 2.33. The van der Waals surface area contributed by atoms with Crippen LogP contribution < -0.4 is 5.32 Å². The number of nitrogens with one attached hydrogen (secondary N) is 1. The lowest BCUT2D eigenvalue weighted by atomic mass is 10.1. The normalized spacial score (nSPS) is 11.3. The Balaban J connectivity index is 3.94. The zero-order chi connectivity index (χ0) is 16.3. The van der Waals surface area contributed by atoms with Gasteiger partial charge in [0.25, 0.3) is 10.2 Å². The van der Waals surface area contributed by atoms with Crippen LogP contribution in [0.3, 0.4) is 0 Å². The molecule has 0 bridgehead atoms. The molecule has 0 saturated carbocycles. The van der Waals surface area contributed by atoms with E-state index in [1.54, 1.807) is 0 Å². The van der Waals surface area contributed by atoms with Crippen molar-refractivity contribution < 1.29 is 29.4 Å². The molecule has 1 atom stereocenters. The van der Waals surface area contributed by atoms with Crippen molar-refractivity contribution in [2.24, 2.45) is 0 Å². The highest BCUT2D eigenvalue weighted by molar-refractivity contribution is 5.78. The Bertz CT molecular complexity index is 386. The number of hydrogen-bond donors (Lipinski definition) is 1. The third kappa shape index (κ3) is 12.3. The van der Waals surface area contributed by atoms with Gasteiger partial charge in [0, 0.05) is 19.4 Å². The number of Topliss-reactive ketones (excluding diaryl/α,β-unsaturated/α-hetero) is 1. The maximum Gasteiger partial charge on any atom is 0.294 e. The third-order valence-electron chi connectivity index (χ3n) is 2.33. The molecule has 1 unspecified atom stereocenters. The van der Waals surface area contributed by atoms with E-state index in [1.807, 2.05) is 0 Å². The van der Waals surface area contributed by atoms with E-state index in [-0.39, 0.29) is 43.9 Å². The summed E-state index contributed by atoms with van der Waals surface area (Å²) in [6.07, 6.45) is -0.542. The summed E-state index contributed by atoms with van der Waals surface area (Å²) in [6, 6.07) is 0. The smallest absolute Gasteiger partial charge is 0.294 e. The molecule has 0 aliphatic carbocycles.